The van der Waals surface area contributed by atoms with Crippen LogP contribution in [0, 0.1) is 24.0 Å². The highest BCUT2D eigenvalue weighted by Crippen LogP contribution is 2.22. The van der Waals surface area contributed by atoms with Crippen LogP contribution < -0.4 is 0 Å². The summed E-state index contributed by atoms with van der Waals surface area (Å²) in [6.07, 6.45) is 2.03. The predicted octanol–water partition coefficient (Wildman–Crippen LogP) is 3.04. The van der Waals surface area contributed by atoms with Crippen LogP contribution in [0.3, 0.4) is 0 Å². The van der Waals surface area contributed by atoms with Gasteiger partial charge in [0.25, 0.3) is 0 Å². The van der Waals surface area contributed by atoms with Crippen LogP contribution in [0.15, 0.2) is 11.1 Å². The van der Waals surface area contributed by atoms with E-state index < -0.39 is 0 Å². The topological polar surface area (TPSA) is 60.4 Å². The average molecular weight is 251 g/mol. The van der Waals surface area contributed by atoms with Crippen molar-refractivity contribution in [2.24, 2.45) is 0 Å². The van der Waals surface area contributed by atoms with Gasteiger partial charge in [0.05, 0.1) is 16.3 Å². The third-order valence-electron chi connectivity index (χ3n) is 2.65. The lowest BCUT2D eigenvalue weighted by Crippen LogP contribution is -1.98. The van der Waals surface area contributed by atoms with E-state index in [0.29, 0.717) is 6.42 Å². The number of allylic oxidation sites excluding steroid dienone is 1. The van der Waals surface area contributed by atoms with E-state index in [4.69, 9.17) is 0 Å². The number of imidazole rings is 1. The van der Waals surface area contributed by atoms with Gasteiger partial charge in [0, 0.05) is 23.6 Å². The van der Waals surface area contributed by atoms with Gasteiger partial charge in [-0.25, -0.2) is 4.98 Å². The first-order chi connectivity index (χ1) is 8.04. The molecule has 90 valence electrons. The van der Waals surface area contributed by atoms with Gasteiger partial charge >= 0.3 is 0 Å². The lowest BCUT2D eigenvalue weighted by Gasteiger charge is -1.98. The third kappa shape index (κ3) is 1.95. The Kier molecular flexibility index (Phi) is 2.97. The van der Waals surface area contributed by atoms with Crippen LogP contribution in [0.5, 0.6) is 0 Å². The minimum atomic E-state index is -0.333. The van der Waals surface area contributed by atoms with E-state index in [-0.39, 0.29) is 10.6 Å². The van der Waals surface area contributed by atoms with Gasteiger partial charge in [-0.05, 0) is 13.8 Å². The average Bonchev–Trinajstić information content (AvgIpc) is 2.76. The van der Waals surface area contributed by atoms with Crippen molar-refractivity contribution in [2.75, 3.05) is 0 Å². The van der Waals surface area contributed by atoms with E-state index in [1.165, 1.54) is 0 Å². The van der Waals surface area contributed by atoms with Crippen LogP contribution in [0.4, 0.5) is 0 Å². The molecule has 0 saturated heterocycles. The number of hydrogen-bond acceptors (Lipinski definition) is 4. The minimum Gasteiger partial charge on any atom is -0.288 e. The highest BCUT2D eigenvalue weighted by Gasteiger charge is 2.14. The van der Waals surface area contributed by atoms with Gasteiger partial charge in [-0.15, -0.1) is 11.3 Å². The standard InChI is InChI=1S/C11H13N3O2S/c1-4-9(14(15)16)5-10-8(3)12-11-13(10)7(2)6-17-11/h5-6H,4H2,1-3H3. The lowest BCUT2D eigenvalue weighted by atomic mass is 10.2. The number of nitrogens with zero attached hydrogens (tertiary/aromatic N) is 3. The molecule has 0 amide bonds. The van der Waals surface area contributed by atoms with Gasteiger partial charge in [-0.1, -0.05) is 6.92 Å². The fourth-order valence-electron chi connectivity index (χ4n) is 1.74. The summed E-state index contributed by atoms with van der Waals surface area (Å²) in [5.74, 6) is 0. The summed E-state index contributed by atoms with van der Waals surface area (Å²) in [4.78, 5) is 15.8. The van der Waals surface area contributed by atoms with Crippen molar-refractivity contribution >= 4 is 22.4 Å². The van der Waals surface area contributed by atoms with Gasteiger partial charge in [-0.2, -0.15) is 0 Å². The molecule has 0 aromatic carbocycles. The minimum absolute atomic E-state index is 0.209. The SMILES string of the molecule is CCC(=Cc1c(C)nc2scc(C)n12)[N+](=O)[O-]. The number of thiazole rings is 1. The monoisotopic (exact) mass is 251 g/mol. The number of aryl methyl sites for hydroxylation is 2. The van der Waals surface area contributed by atoms with Gasteiger partial charge in [-0.3, -0.25) is 14.5 Å². The molecule has 2 aromatic heterocycles. The maximum absolute atomic E-state index is 10.8. The first-order valence-electron chi connectivity index (χ1n) is 5.32. The zero-order valence-corrected chi connectivity index (χ0v) is 10.7. The van der Waals surface area contributed by atoms with Crippen molar-refractivity contribution in [3.8, 4) is 0 Å². The third-order valence-corrected chi connectivity index (χ3v) is 3.60. The molecule has 0 N–H and O–H groups in total. The Hall–Kier alpha value is -1.69. The van der Waals surface area contributed by atoms with Gasteiger partial charge in [0.1, 0.15) is 0 Å². The van der Waals surface area contributed by atoms with Crippen LogP contribution in [0.1, 0.15) is 30.4 Å². The number of hydrogen-bond donors (Lipinski definition) is 0. The zero-order valence-electron chi connectivity index (χ0n) is 9.93. The van der Waals surface area contributed by atoms with E-state index in [9.17, 15) is 10.1 Å². The summed E-state index contributed by atoms with van der Waals surface area (Å²) < 4.78 is 1.96. The molecule has 0 unspecified atom stereocenters. The normalized spacial score (nSPS) is 12.3. The first kappa shape index (κ1) is 11.8. The molecule has 0 bridgehead atoms. The predicted molar refractivity (Wildman–Crippen MR) is 67.8 cm³/mol. The van der Waals surface area contributed by atoms with Crippen molar-refractivity contribution < 1.29 is 4.92 Å². The molecule has 0 spiro atoms. The molecule has 0 aliphatic heterocycles. The highest BCUT2D eigenvalue weighted by molar-refractivity contribution is 7.15. The molecular weight excluding hydrogens is 238 g/mol. The summed E-state index contributed by atoms with van der Waals surface area (Å²) in [6.45, 7) is 5.63. The maximum atomic E-state index is 10.8. The molecule has 2 heterocycles. The van der Waals surface area contributed by atoms with Crippen molar-refractivity contribution in [3.63, 3.8) is 0 Å². The lowest BCUT2D eigenvalue weighted by molar-refractivity contribution is -0.425. The fourth-order valence-corrected chi connectivity index (χ4v) is 2.66. The summed E-state index contributed by atoms with van der Waals surface area (Å²) in [7, 11) is 0. The van der Waals surface area contributed by atoms with E-state index in [1.54, 1.807) is 24.3 Å². The van der Waals surface area contributed by atoms with Crippen LogP contribution >= 0.6 is 11.3 Å². The van der Waals surface area contributed by atoms with E-state index in [1.807, 2.05) is 23.6 Å². The highest BCUT2D eigenvalue weighted by atomic mass is 32.1. The Morgan fingerprint density at radius 3 is 2.94 bits per heavy atom. The maximum Gasteiger partial charge on any atom is 0.248 e. The van der Waals surface area contributed by atoms with Crippen molar-refractivity contribution in [1.29, 1.82) is 0 Å². The largest absolute Gasteiger partial charge is 0.288 e. The summed E-state index contributed by atoms with van der Waals surface area (Å²) in [5, 5.41) is 12.8. The summed E-state index contributed by atoms with van der Waals surface area (Å²) >= 11 is 1.54. The van der Waals surface area contributed by atoms with Crippen LogP contribution in [-0.4, -0.2) is 14.3 Å². The van der Waals surface area contributed by atoms with E-state index >= 15 is 0 Å². The Morgan fingerprint density at radius 1 is 1.65 bits per heavy atom. The zero-order chi connectivity index (χ0) is 12.6. The molecule has 17 heavy (non-hydrogen) atoms. The smallest absolute Gasteiger partial charge is 0.248 e. The molecule has 5 nitrogen and oxygen atoms in total. The van der Waals surface area contributed by atoms with Gasteiger partial charge in [0.2, 0.25) is 5.70 Å². The van der Waals surface area contributed by atoms with Gasteiger partial charge in [0.15, 0.2) is 4.96 Å². The molecule has 2 rings (SSSR count). The molecule has 6 heteroatoms. The van der Waals surface area contributed by atoms with Crippen LogP contribution in [0.2, 0.25) is 0 Å². The Morgan fingerprint density at radius 2 is 2.35 bits per heavy atom. The van der Waals surface area contributed by atoms with Crippen LogP contribution in [-0.2, 0) is 0 Å². The van der Waals surface area contributed by atoms with Gasteiger partial charge < -0.3 is 0 Å². The Balaban J connectivity index is 2.65. The van der Waals surface area contributed by atoms with Crippen molar-refractivity contribution in [3.05, 3.63) is 38.3 Å². The molecule has 2 aromatic rings. The molecule has 0 saturated carbocycles. The fraction of sp³-hybridized carbons (Fsp3) is 0.364. The molecule has 0 fully saturated rings. The second-order valence-corrected chi connectivity index (χ2v) is 4.66. The quantitative estimate of drug-likeness (QED) is 0.622. The van der Waals surface area contributed by atoms with Crippen LogP contribution in [0.25, 0.3) is 11.0 Å². The molecular formula is C11H13N3O2S. The Bertz CT molecular complexity index is 610. The second kappa shape index (κ2) is 4.29. The molecule has 0 aliphatic carbocycles. The molecule has 0 atom stereocenters. The number of aromatic nitrogens is 2. The number of rotatable bonds is 3. The summed E-state index contributed by atoms with van der Waals surface area (Å²) in [5.41, 5.74) is 2.90. The number of nitro groups is 1. The molecule has 0 aliphatic rings. The van der Waals surface area contributed by atoms with E-state index in [0.717, 1.165) is 22.0 Å². The van der Waals surface area contributed by atoms with Crippen molar-refractivity contribution in [2.45, 2.75) is 27.2 Å². The second-order valence-electron chi connectivity index (χ2n) is 3.82. The first-order valence-corrected chi connectivity index (χ1v) is 6.20. The molecule has 0 radical (unpaired) electrons. The summed E-state index contributed by atoms with van der Waals surface area (Å²) in [6, 6.07) is 0. The number of fused-ring (bicyclic) bond motifs is 1. The van der Waals surface area contributed by atoms with Crippen molar-refractivity contribution in [1.82, 2.24) is 9.38 Å². The Labute approximate surface area is 103 Å². The van der Waals surface area contributed by atoms with E-state index in [2.05, 4.69) is 4.98 Å².